The standard InChI is InChI=1S/C14H17N5O2/c20-19(21)11-1-2-12-13(5-11)17-14(16-12)18-4-3-9-6-15-7-10(9)8-18/h1-2,5,9-10,15H,3-4,6-8H2,(H,16,17). The van der Waals surface area contributed by atoms with Gasteiger partial charge in [-0.25, -0.2) is 4.98 Å². The van der Waals surface area contributed by atoms with Gasteiger partial charge in [0, 0.05) is 25.2 Å². The lowest BCUT2D eigenvalue weighted by Crippen LogP contribution is -2.40. The monoisotopic (exact) mass is 287 g/mol. The normalized spacial score (nSPS) is 25.2. The molecule has 21 heavy (non-hydrogen) atoms. The van der Waals surface area contributed by atoms with Gasteiger partial charge < -0.3 is 15.2 Å². The number of nitro groups is 1. The van der Waals surface area contributed by atoms with Gasteiger partial charge in [-0.2, -0.15) is 0 Å². The van der Waals surface area contributed by atoms with Gasteiger partial charge in [-0.1, -0.05) is 0 Å². The van der Waals surface area contributed by atoms with Crippen molar-refractivity contribution in [2.45, 2.75) is 6.42 Å². The van der Waals surface area contributed by atoms with E-state index in [0.717, 1.165) is 49.1 Å². The molecule has 0 aliphatic carbocycles. The summed E-state index contributed by atoms with van der Waals surface area (Å²) in [5.41, 5.74) is 1.60. The summed E-state index contributed by atoms with van der Waals surface area (Å²) in [4.78, 5) is 20.5. The highest BCUT2D eigenvalue weighted by Crippen LogP contribution is 2.30. The van der Waals surface area contributed by atoms with Gasteiger partial charge in [0.15, 0.2) is 0 Å². The van der Waals surface area contributed by atoms with Crippen molar-refractivity contribution in [2.24, 2.45) is 11.8 Å². The lowest BCUT2D eigenvalue weighted by molar-refractivity contribution is -0.384. The van der Waals surface area contributed by atoms with Crippen LogP contribution in [-0.2, 0) is 0 Å². The van der Waals surface area contributed by atoms with E-state index in [9.17, 15) is 10.1 Å². The molecule has 0 amide bonds. The number of fused-ring (bicyclic) bond motifs is 2. The maximum Gasteiger partial charge on any atom is 0.271 e. The number of non-ortho nitro benzene ring substituents is 1. The van der Waals surface area contributed by atoms with Gasteiger partial charge in [-0.05, 0) is 37.4 Å². The van der Waals surface area contributed by atoms with E-state index in [1.165, 1.54) is 12.5 Å². The molecule has 0 spiro atoms. The zero-order valence-electron chi connectivity index (χ0n) is 11.6. The number of nitrogens with zero attached hydrogens (tertiary/aromatic N) is 3. The number of benzene rings is 1. The molecule has 3 heterocycles. The summed E-state index contributed by atoms with van der Waals surface area (Å²) < 4.78 is 0. The van der Waals surface area contributed by atoms with Gasteiger partial charge in [-0.3, -0.25) is 10.1 Å². The Balaban J connectivity index is 1.63. The Labute approximate surface area is 121 Å². The van der Waals surface area contributed by atoms with Gasteiger partial charge in [0.25, 0.3) is 5.69 Å². The maximum absolute atomic E-state index is 10.8. The number of H-pyrrole nitrogens is 1. The fourth-order valence-corrected chi connectivity index (χ4v) is 3.47. The van der Waals surface area contributed by atoms with E-state index in [-0.39, 0.29) is 10.6 Å². The molecule has 1 aromatic heterocycles. The summed E-state index contributed by atoms with van der Waals surface area (Å²) >= 11 is 0. The van der Waals surface area contributed by atoms with E-state index in [1.54, 1.807) is 12.1 Å². The van der Waals surface area contributed by atoms with E-state index >= 15 is 0 Å². The number of anilines is 1. The Bertz CT molecular complexity index is 698. The third-order valence-electron chi connectivity index (χ3n) is 4.67. The molecule has 2 N–H and O–H groups in total. The quantitative estimate of drug-likeness (QED) is 0.646. The highest BCUT2D eigenvalue weighted by molar-refractivity contribution is 5.80. The number of hydrogen-bond donors (Lipinski definition) is 2. The Morgan fingerprint density at radius 3 is 3.05 bits per heavy atom. The fourth-order valence-electron chi connectivity index (χ4n) is 3.47. The zero-order chi connectivity index (χ0) is 14.4. The molecule has 2 aromatic rings. The van der Waals surface area contributed by atoms with Gasteiger partial charge in [0.1, 0.15) is 0 Å². The van der Waals surface area contributed by atoms with Crippen LogP contribution < -0.4 is 10.2 Å². The number of aromatic amines is 1. The maximum atomic E-state index is 10.8. The van der Waals surface area contributed by atoms with Crippen LogP contribution in [0.4, 0.5) is 11.6 Å². The molecule has 0 saturated carbocycles. The van der Waals surface area contributed by atoms with Crippen molar-refractivity contribution in [3.05, 3.63) is 28.3 Å². The smallest absolute Gasteiger partial charge is 0.271 e. The minimum absolute atomic E-state index is 0.0939. The molecule has 1 aromatic carbocycles. The van der Waals surface area contributed by atoms with Crippen molar-refractivity contribution < 1.29 is 4.92 Å². The van der Waals surface area contributed by atoms with Crippen molar-refractivity contribution in [3.63, 3.8) is 0 Å². The first-order valence-corrected chi connectivity index (χ1v) is 7.30. The first-order valence-electron chi connectivity index (χ1n) is 7.30. The van der Waals surface area contributed by atoms with Crippen molar-refractivity contribution >= 4 is 22.7 Å². The molecule has 110 valence electrons. The number of nitrogens with one attached hydrogen (secondary N) is 2. The highest BCUT2D eigenvalue weighted by atomic mass is 16.6. The lowest BCUT2D eigenvalue weighted by Gasteiger charge is -2.34. The van der Waals surface area contributed by atoms with Gasteiger partial charge in [-0.15, -0.1) is 0 Å². The third kappa shape index (κ3) is 2.13. The summed E-state index contributed by atoms with van der Waals surface area (Å²) in [6.45, 7) is 4.20. The molecule has 2 aliphatic heterocycles. The van der Waals surface area contributed by atoms with Crippen molar-refractivity contribution in [1.29, 1.82) is 0 Å². The van der Waals surface area contributed by atoms with Crippen LogP contribution in [0.1, 0.15) is 6.42 Å². The minimum Gasteiger partial charge on any atom is -0.342 e. The van der Waals surface area contributed by atoms with Crippen LogP contribution in [0, 0.1) is 22.0 Å². The second-order valence-electron chi connectivity index (χ2n) is 5.93. The van der Waals surface area contributed by atoms with Crippen LogP contribution in [0.3, 0.4) is 0 Å². The zero-order valence-corrected chi connectivity index (χ0v) is 11.6. The number of nitro benzene ring substituents is 1. The molecule has 0 bridgehead atoms. The van der Waals surface area contributed by atoms with Crippen LogP contribution in [0.5, 0.6) is 0 Å². The average molecular weight is 287 g/mol. The Morgan fingerprint density at radius 2 is 2.19 bits per heavy atom. The Kier molecular flexibility index (Phi) is 2.81. The van der Waals surface area contributed by atoms with Gasteiger partial charge in [0.05, 0.1) is 16.0 Å². The SMILES string of the molecule is O=[N+]([O-])c1ccc2nc(N3CCC4CNCC4C3)[nH]c2c1. The summed E-state index contributed by atoms with van der Waals surface area (Å²) in [7, 11) is 0. The molecule has 2 fully saturated rings. The van der Waals surface area contributed by atoms with Crippen LogP contribution >= 0.6 is 0 Å². The second kappa shape index (κ2) is 4.70. The molecule has 7 nitrogen and oxygen atoms in total. The summed E-state index contributed by atoms with van der Waals surface area (Å²) in [6, 6.07) is 4.76. The molecular weight excluding hydrogens is 270 g/mol. The predicted octanol–water partition coefficient (Wildman–Crippen LogP) is 1.52. The molecule has 2 aliphatic rings. The molecular formula is C14H17N5O2. The molecule has 2 atom stereocenters. The van der Waals surface area contributed by atoms with Crippen LogP contribution in [0.15, 0.2) is 18.2 Å². The number of rotatable bonds is 2. The summed E-state index contributed by atoms with van der Waals surface area (Å²) in [5, 5.41) is 14.3. The molecule has 0 radical (unpaired) electrons. The molecule has 2 unspecified atom stereocenters. The summed E-state index contributed by atoms with van der Waals surface area (Å²) in [5.74, 6) is 2.30. The first-order chi connectivity index (χ1) is 10.2. The molecule has 7 heteroatoms. The van der Waals surface area contributed by atoms with Crippen LogP contribution in [0.2, 0.25) is 0 Å². The van der Waals surface area contributed by atoms with E-state index < -0.39 is 0 Å². The lowest BCUT2D eigenvalue weighted by atomic mass is 9.89. The fraction of sp³-hybridized carbons (Fsp3) is 0.500. The molecule has 4 rings (SSSR count). The van der Waals surface area contributed by atoms with E-state index in [1.807, 2.05) is 0 Å². The Morgan fingerprint density at radius 1 is 1.33 bits per heavy atom. The summed E-state index contributed by atoms with van der Waals surface area (Å²) in [6.07, 6.45) is 1.18. The van der Waals surface area contributed by atoms with Crippen LogP contribution in [-0.4, -0.2) is 41.1 Å². The number of imidazole rings is 1. The number of aromatic nitrogens is 2. The van der Waals surface area contributed by atoms with Crippen molar-refractivity contribution in [1.82, 2.24) is 15.3 Å². The number of hydrogen-bond acceptors (Lipinski definition) is 5. The minimum atomic E-state index is -0.379. The van der Waals surface area contributed by atoms with Crippen molar-refractivity contribution in [3.8, 4) is 0 Å². The second-order valence-corrected chi connectivity index (χ2v) is 5.93. The highest BCUT2D eigenvalue weighted by Gasteiger charge is 2.33. The number of piperidine rings is 1. The topological polar surface area (TPSA) is 87.1 Å². The van der Waals surface area contributed by atoms with Crippen LogP contribution in [0.25, 0.3) is 11.0 Å². The van der Waals surface area contributed by atoms with Gasteiger partial charge >= 0.3 is 0 Å². The van der Waals surface area contributed by atoms with Crippen molar-refractivity contribution in [2.75, 3.05) is 31.1 Å². The predicted molar refractivity (Wildman–Crippen MR) is 79.4 cm³/mol. The van der Waals surface area contributed by atoms with E-state index in [4.69, 9.17) is 0 Å². The van der Waals surface area contributed by atoms with E-state index in [0.29, 0.717) is 5.92 Å². The Hall–Kier alpha value is -2.15. The molecule has 2 saturated heterocycles. The van der Waals surface area contributed by atoms with E-state index in [2.05, 4.69) is 20.2 Å². The third-order valence-corrected chi connectivity index (χ3v) is 4.67. The first kappa shape index (κ1) is 12.6. The average Bonchev–Trinajstić information content (AvgIpc) is 3.11. The van der Waals surface area contributed by atoms with Gasteiger partial charge in [0.2, 0.25) is 5.95 Å². The largest absolute Gasteiger partial charge is 0.342 e.